The van der Waals surface area contributed by atoms with Gasteiger partial charge in [-0.3, -0.25) is 4.18 Å². The Morgan fingerprint density at radius 2 is 2.06 bits per heavy atom. The summed E-state index contributed by atoms with van der Waals surface area (Å²) in [4.78, 5) is 9.03. The first kappa shape index (κ1) is 23.2. The number of nitrogens with one attached hydrogen (secondary N) is 1. The van der Waals surface area contributed by atoms with E-state index in [0.29, 0.717) is 19.4 Å². The topological polar surface area (TPSA) is 142 Å². The molecule has 0 amide bonds. The van der Waals surface area contributed by atoms with Crippen molar-refractivity contribution >= 4 is 27.2 Å². The second-order valence-corrected chi connectivity index (χ2v) is 10.2. The molecule has 10 nitrogen and oxygen atoms in total. The minimum absolute atomic E-state index is 0.0130. The Morgan fingerprint density at radius 1 is 1.24 bits per heavy atom. The predicted molar refractivity (Wildman–Crippen MR) is 126 cm³/mol. The van der Waals surface area contributed by atoms with Crippen molar-refractivity contribution in [2.75, 3.05) is 18.5 Å². The van der Waals surface area contributed by atoms with Gasteiger partial charge in [0, 0.05) is 31.2 Å². The molecule has 34 heavy (non-hydrogen) atoms. The first-order chi connectivity index (χ1) is 16.3. The van der Waals surface area contributed by atoms with E-state index in [1.54, 1.807) is 0 Å². The lowest BCUT2D eigenvalue weighted by atomic mass is 10.1. The summed E-state index contributed by atoms with van der Waals surface area (Å²) in [5.74, 6) is 0.393. The Hall–Kier alpha value is -2.57. The summed E-state index contributed by atoms with van der Waals surface area (Å²) < 4.78 is 35.0. The highest BCUT2D eigenvalue weighted by atomic mass is 32.2. The number of nitrogens with zero attached hydrogens (tertiary/aromatic N) is 3. The van der Waals surface area contributed by atoms with Crippen molar-refractivity contribution in [1.29, 1.82) is 0 Å². The van der Waals surface area contributed by atoms with E-state index in [9.17, 15) is 13.5 Å². The quantitative estimate of drug-likeness (QED) is 0.438. The van der Waals surface area contributed by atoms with Crippen molar-refractivity contribution in [1.82, 2.24) is 14.5 Å². The van der Waals surface area contributed by atoms with Crippen LogP contribution in [0.15, 0.2) is 42.9 Å². The van der Waals surface area contributed by atoms with E-state index in [4.69, 9.17) is 14.1 Å². The molecular weight excluding hydrogens is 458 g/mol. The average molecular weight is 488 g/mol. The molecule has 1 aromatic carbocycles. The molecule has 4 N–H and O–H groups in total. The van der Waals surface area contributed by atoms with Crippen LogP contribution in [0.4, 0.5) is 5.82 Å². The van der Waals surface area contributed by atoms with Crippen molar-refractivity contribution < 1.29 is 22.4 Å². The second kappa shape index (κ2) is 9.23. The lowest BCUT2D eigenvalue weighted by Crippen LogP contribution is -2.25. The molecule has 5 rings (SSSR count). The van der Waals surface area contributed by atoms with Gasteiger partial charge in [-0.05, 0) is 37.0 Å². The third-order valence-electron chi connectivity index (χ3n) is 6.84. The van der Waals surface area contributed by atoms with Gasteiger partial charge in [-0.25, -0.2) is 15.1 Å². The van der Waals surface area contributed by atoms with E-state index in [1.807, 2.05) is 35.9 Å². The van der Waals surface area contributed by atoms with Gasteiger partial charge in [-0.1, -0.05) is 24.3 Å². The molecule has 2 aliphatic carbocycles. The molecule has 0 spiro atoms. The van der Waals surface area contributed by atoms with Gasteiger partial charge in [-0.2, -0.15) is 8.42 Å². The van der Waals surface area contributed by atoms with Crippen molar-refractivity contribution in [2.24, 2.45) is 11.1 Å². The molecule has 0 bridgehead atoms. The highest BCUT2D eigenvalue weighted by molar-refractivity contribution is 7.84. The Labute approximate surface area is 198 Å². The zero-order valence-electron chi connectivity index (χ0n) is 18.9. The highest BCUT2D eigenvalue weighted by Crippen LogP contribution is 2.39. The van der Waals surface area contributed by atoms with Crippen molar-refractivity contribution in [3.05, 3.63) is 54.0 Å². The second-order valence-electron chi connectivity index (χ2n) is 8.93. The van der Waals surface area contributed by atoms with Gasteiger partial charge in [0.1, 0.15) is 17.8 Å². The normalized spacial score (nSPS) is 26.7. The number of benzene rings is 1. The first-order valence-electron chi connectivity index (χ1n) is 11.5. The van der Waals surface area contributed by atoms with Gasteiger partial charge in [0.15, 0.2) is 0 Å². The highest BCUT2D eigenvalue weighted by Gasteiger charge is 2.36. The molecule has 2 aliphatic rings. The molecule has 5 atom stereocenters. The van der Waals surface area contributed by atoms with Gasteiger partial charge in [0.05, 0.1) is 30.2 Å². The summed E-state index contributed by atoms with van der Waals surface area (Å²) in [6.45, 7) is 2.49. The largest absolute Gasteiger partial charge is 0.393 e. The van der Waals surface area contributed by atoms with Crippen molar-refractivity contribution in [3.63, 3.8) is 0 Å². The van der Waals surface area contributed by atoms with Crippen LogP contribution in [0.3, 0.4) is 0 Å². The van der Waals surface area contributed by atoms with Crippen LogP contribution in [0.5, 0.6) is 0 Å². The Bertz CT molecular complexity index is 1280. The maximum Gasteiger partial charge on any atom is 0.333 e. The van der Waals surface area contributed by atoms with Crippen LogP contribution >= 0.6 is 0 Å². The number of hydrogen-bond donors (Lipinski definition) is 3. The summed E-state index contributed by atoms with van der Waals surface area (Å²) in [6, 6.07) is 10.2. The fourth-order valence-electron chi connectivity index (χ4n) is 5.29. The summed E-state index contributed by atoms with van der Waals surface area (Å²) in [5.41, 5.74) is 3.24. The third kappa shape index (κ3) is 4.53. The number of anilines is 1. The van der Waals surface area contributed by atoms with Gasteiger partial charge >= 0.3 is 10.3 Å². The molecule has 0 unspecified atom stereocenters. The van der Waals surface area contributed by atoms with Crippen LogP contribution in [0.1, 0.15) is 43.0 Å². The number of aromatic nitrogens is 3. The van der Waals surface area contributed by atoms with E-state index >= 15 is 0 Å². The molecule has 2 heterocycles. The lowest BCUT2D eigenvalue weighted by molar-refractivity contribution is 0.0574. The van der Waals surface area contributed by atoms with Gasteiger partial charge < -0.3 is 19.7 Å². The SMILES string of the molecule is CCO[C@H]1Cc2ccccc2[C@H]1Nc1ncnc2c1ccn2[C@@H]1C[C@@H](COS(N)(=O)=O)[C@@H](O)C1. The van der Waals surface area contributed by atoms with Crippen LogP contribution < -0.4 is 10.5 Å². The fourth-order valence-corrected chi connectivity index (χ4v) is 5.65. The summed E-state index contributed by atoms with van der Waals surface area (Å²) in [5, 5.41) is 19.9. The molecule has 0 aliphatic heterocycles. The molecule has 1 fully saturated rings. The maximum absolute atomic E-state index is 11.1. The zero-order valence-corrected chi connectivity index (χ0v) is 19.7. The Morgan fingerprint density at radius 3 is 2.85 bits per heavy atom. The molecule has 11 heteroatoms. The van der Waals surface area contributed by atoms with Gasteiger partial charge in [-0.15, -0.1) is 0 Å². The third-order valence-corrected chi connectivity index (χ3v) is 7.30. The number of rotatable bonds is 8. The number of nitrogens with two attached hydrogens (primary N) is 1. The van der Waals surface area contributed by atoms with E-state index < -0.39 is 16.4 Å². The van der Waals surface area contributed by atoms with Crippen LogP contribution in [-0.4, -0.2) is 53.5 Å². The molecule has 182 valence electrons. The van der Waals surface area contributed by atoms with Crippen LogP contribution in [-0.2, 0) is 25.6 Å². The Kier molecular flexibility index (Phi) is 6.30. The number of ether oxygens (including phenoxy) is 1. The molecule has 1 saturated carbocycles. The molecule has 0 radical (unpaired) electrons. The van der Waals surface area contributed by atoms with E-state index in [1.165, 1.54) is 17.5 Å². The fraction of sp³-hybridized carbons (Fsp3) is 0.478. The number of aliphatic hydroxyl groups is 1. The summed E-state index contributed by atoms with van der Waals surface area (Å²) in [6.07, 6.45) is 4.66. The minimum atomic E-state index is -4.05. The first-order valence-corrected chi connectivity index (χ1v) is 12.9. The maximum atomic E-state index is 11.1. The molecule has 0 saturated heterocycles. The van der Waals surface area contributed by atoms with Crippen LogP contribution in [0, 0.1) is 5.92 Å². The lowest BCUT2D eigenvalue weighted by Gasteiger charge is -2.23. The smallest absolute Gasteiger partial charge is 0.333 e. The monoisotopic (exact) mass is 487 g/mol. The number of hydrogen-bond acceptors (Lipinski definition) is 8. The zero-order chi connectivity index (χ0) is 23.9. The summed E-state index contributed by atoms with van der Waals surface area (Å²) in [7, 11) is -4.05. The standard InChI is InChI=1S/C23H29N5O5S/c1-2-32-20-10-14-5-3-4-6-17(14)21(20)27-22-18-7-8-28(23(18)26-13-25-22)16-9-15(19(29)11-16)12-33-34(24,30)31/h3-8,13,15-16,19-21,29H,2,9-12H2,1H3,(H2,24,30,31)(H,25,26,27)/t15-,16+,19-,20-,21+/m0/s1. The van der Waals surface area contributed by atoms with E-state index in [-0.39, 0.29) is 30.7 Å². The molecular formula is C23H29N5O5S. The predicted octanol–water partition coefficient (Wildman–Crippen LogP) is 2.08. The average Bonchev–Trinajstić information content (AvgIpc) is 3.48. The van der Waals surface area contributed by atoms with E-state index in [0.717, 1.165) is 23.3 Å². The molecule has 2 aromatic heterocycles. The Balaban J connectivity index is 1.39. The van der Waals surface area contributed by atoms with Crippen molar-refractivity contribution in [3.8, 4) is 0 Å². The number of aliphatic hydroxyl groups excluding tert-OH is 1. The molecule has 3 aromatic rings. The van der Waals surface area contributed by atoms with Crippen LogP contribution in [0.2, 0.25) is 0 Å². The number of fused-ring (bicyclic) bond motifs is 2. The van der Waals surface area contributed by atoms with Crippen LogP contribution in [0.25, 0.3) is 11.0 Å². The van der Waals surface area contributed by atoms with E-state index in [2.05, 4.69) is 27.4 Å². The minimum Gasteiger partial charge on any atom is -0.393 e. The van der Waals surface area contributed by atoms with Gasteiger partial charge in [0.25, 0.3) is 0 Å². The van der Waals surface area contributed by atoms with Gasteiger partial charge in [0.2, 0.25) is 0 Å². The summed E-state index contributed by atoms with van der Waals surface area (Å²) >= 11 is 0. The van der Waals surface area contributed by atoms with Crippen molar-refractivity contribution in [2.45, 2.75) is 50.5 Å².